The zero-order valence-corrected chi connectivity index (χ0v) is 12.8. The number of benzene rings is 1. The maximum Gasteiger partial charge on any atom is 0.323 e. The highest BCUT2D eigenvalue weighted by Crippen LogP contribution is 2.20. The lowest BCUT2D eigenvalue weighted by molar-refractivity contribution is -0.144. The van der Waals surface area contributed by atoms with Gasteiger partial charge in [-0.2, -0.15) is 0 Å². The summed E-state index contributed by atoms with van der Waals surface area (Å²) in [5.74, 6) is -0.0194. The number of aliphatic carboxylic acids is 1. The number of aryl methyl sites for hydroxylation is 2. The molecule has 4 heteroatoms. The van der Waals surface area contributed by atoms with E-state index in [1.54, 1.807) is 6.92 Å². The van der Waals surface area contributed by atoms with Gasteiger partial charge in [-0.05, 0) is 45.4 Å². The van der Waals surface area contributed by atoms with Gasteiger partial charge in [-0.25, -0.2) is 0 Å². The molecule has 0 saturated heterocycles. The van der Waals surface area contributed by atoms with E-state index in [0.29, 0.717) is 19.6 Å². The molecule has 0 aliphatic heterocycles. The van der Waals surface area contributed by atoms with E-state index in [1.165, 1.54) is 5.56 Å². The summed E-state index contributed by atoms with van der Waals surface area (Å²) in [6.45, 7) is 8.81. The third-order valence-corrected chi connectivity index (χ3v) is 3.43. The van der Waals surface area contributed by atoms with Crippen molar-refractivity contribution in [1.29, 1.82) is 0 Å². The van der Waals surface area contributed by atoms with Crippen molar-refractivity contribution in [3.05, 3.63) is 29.3 Å². The van der Waals surface area contributed by atoms with Gasteiger partial charge in [0.05, 0.1) is 6.61 Å². The Labute approximate surface area is 121 Å². The van der Waals surface area contributed by atoms with Crippen LogP contribution in [0.5, 0.6) is 5.75 Å². The molecular formula is C16H25NO3. The minimum absolute atomic E-state index is 0.378. The minimum Gasteiger partial charge on any atom is -0.493 e. The number of hydrogen-bond donors (Lipinski definition) is 2. The number of carbonyl (C=O) groups is 1. The summed E-state index contributed by atoms with van der Waals surface area (Å²) in [5, 5.41) is 12.4. The third kappa shape index (κ3) is 4.53. The van der Waals surface area contributed by atoms with Gasteiger partial charge in [-0.3, -0.25) is 4.79 Å². The molecule has 20 heavy (non-hydrogen) atoms. The molecule has 0 aliphatic carbocycles. The van der Waals surface area contributed by atoms with E-state index in [2.05, 4.69) is 11.4 Å². The predicted molar refractivity (Wildman–Crippen MR) is 80.4 cm³/mol. The second-order valence-corrected chi connectivity index (χ2v) is 5.43. The van der Waals surface area contributed by atoms with Gasteiger partial charge in [0.15, 0.2) is 0 Å². The number of rotatable bonds is 8. The van der Waals surface area contributed by atoms with Crippen LogP contribution in [0.15, 0.2) is 18.2 Å². The molecule has 0 amide bonds. The van der Waals surface area contributed by atoms with Gasteiger partial charge in [-0.15, -0.1) is 0 Å². The van der Waals surface area contributed by atoms with Gasteiger partial charge < -0.3 is 15.2 Å². The molecule has 0 fully saturated rings. The molecule has 0 heterocycles. The van der Waals surface area contributed by atoms with Crippen LogP contribution in [0.2, 0.25) is 0 Å². The molecule has 1 unspecified atom stereocenters. The van der Waals surface area contributed by atoms with Crippen molar-refractivity contribution in [3.8, 4) is 5.75 Å². The van der Waals surface area contributed by atoms with E-state index < -0.39 is 11.5 Å². The summed E-state index contributed by atoms with van der Waals surface area (Å²) in [7, 11) is 0. The average molecular weight is 279 g/mol. The van der Waals surface area contributed by atoms with Crippen LogP contribution in [0.4, 0.5) is 0 Å². The van der Waals surface area contributed by atoms with Crippen LogP contribution >= 0.6 is 0 Å². The Bertz CT molecular complexity index is 459. The Morgan fingerprint density at radius 3 is 2.65 bits per heavy atom. The Morgan fingerprint density at radius 1 is 1.40 bits per heavy atom. The molecule has 1 atom stereocenters. The molecule has 0 radical (unpaired) electrons. The van der Waals surface area contributed by atoms with Gasteiger partial charge in [-0.1, -0.05) is 24.6 Å². The Balaban J connectivity index is 2.58. The fourth-order valence-electron chi connectivity index (χ4n) is 2.00. The highest BCUT2D eigenvalue weighted by atomic mass is 16.5. The van der Waals surface area contributed by atoms with Gasteiger partial charge >= 0.3 is 5.97 Å². The summed E-state index contributed by atoms with van der Waals surface area (Å²) >= 11 is 0. The van der Waals surface area contributed by atoms with E-state index in [4.69, 9.17) is 4.74 Å². The van der Waals surface area contributed by atoms with E-state index >= 15 is 0 Å². The molecule has 0 saturated carbocycles. The quantitative estimate of drug-likeness (QED) is 0.768. The molecule has 1 aromatic rings. The maximum atomic E-state index is 11.4. The summed E-state index contributed by atoms with van der Waals surface area (Å²) in [5.41, 5.74) is 1.33. The van der Waals surface area contributed by atoms with E-state index in [9.17, 15) is 9.90 Å². The van der Waals surface area contributed by atoms with E-state index in [1.807, 2.05) is 32.9 Å². The van der Waals surface area contributed by atoms with Crippen LogP contribution in [0.1, 0.15) is 37.8 Å². The van der Waals surface area contributed by atoms with Crippen LogP contribution in [-0.4, -0.2) is 29.8 Å². The highest BCUT2D eigenvalue weighted by molar-refractivity contribution is 5.78. The average Bonchev–Trinajstić information content (AvgIpc) is 2.38. The Hall–Kier alpha value is -1.55. The standard InChI is InChI=1S/C16H25NO3/c1-5-9-17-16(4,15(18)19)8-10-20-14-7-6-12(2)11-13(14)3/h6-7,11,17H,5,8-10H2,1-4H3,(H,18,19). The van der Waals surface area contributed by atoms with Gasteiger partial charge in [0, 0.05) is 6.42 Å². The Morgan fingerprint density at radius 2 is 2.10 bits per heavy atom. The van der Waals surface area contributed by atoms with Crippen molar-refractivity contribution >= 4 is 5.97 Å². The number of carboxylic acids is 1. The lowest BCUT2D eigenvalue weighted by atomic mass is 9.98. The zero-order valence-electron chi connectivity index (χ0n) is 12.8. The van der Waals surface area contributed by atoms with Crippen LogP contribution in [0.3, 0.4) is 0 Å². The van der Waals surface area contributed by atoms with Gasteiger partial charge in [0.1, 0.15) is 11.3 Å². The first-order valence-corrected chi connectivity index (χ1v) is 7.07. The largest absolute Gasteiger partial charge is 0.493 e. The molecule has 0 aromatic heterocycles. The fourth-order valence-corrected chi connectivity index (χ4v) is 2.00. The molecule has 2 N–H and O–H groups in total. The number of ether oxygens (including phenoxy) is 1. The number of carboxylic acid groups (broad SMARTS) is 1. The molecule has 0 aliphatic rings. The van der Waals surface area contributed by atoms with Crippen molar-refractivity contribution in [2.24, 2.45) is 0 Å². The molecule has 0 bridgehead atoms. The summed E-state index contributed by atoms with van der Waals surface area (Å²) in [6, 6.07) is 5.98. The van der Waals surface area contributed by atoms with Crippen LogP contribution in [-0.2, 0) is 4.79 Å². The van der Waals surface area contributed by atoms with E-state index in [0.717, 1.165) is 17.7 Å². The summed E-state index contributed by atoms with van der Waals surface area (Å²) in [4.78, 5) is 11.4. The maximum absolute atomic E-state index is 11.4. The zero-order chi connectivity index (χ0) is 15.2. The monoisotopic (exact) mass is 279 g/mol. The predicted octanol–water partition coefficient (Wildman–Crippen LogP) is 2.92. The Kier molecular flexibility index (Phi) is 6.02. The molecule has 4 nitrogen and oxygen atoms in total. The first-order chi connectivity index (χ1) is 9.39. The van der Waals surface area contributed by atoms with Gasteiger partial charge in [0.25, 0.3) is 0 Å². The molecule has 0 spiro atoms. The van der Waals surface area contributed by atoms with E-state index in [-0.39, 0.29) is 0 Å². The summed E-state index contributed by atoms with van der Waals surface area (Å²) in [6.07, 6.45) is 1.33. The highest BCUT2D eigenvalue weighted by Gasteiger charge is 2.32. The number of hydrogen-bond acceptors (Lipinski definition) is 3. The number of nitrogens with one attached hydrogen (secondary N) is 1. The fraction of sp³-hybridized carbons (Fsp3) is 0.562. The van der Waals surface area contributed by atoms with Crippen molar-refractivity contribution < 1.29 is 14.6 Å². The molecule has 112 valence electrons. The van der Waals surface area contributed by atoms with Gasteiger partial charge in [0.2, 0.25) is 0 Å². The van der Waals surface area contributed by atoms with Crippen LogP contribution in [0, 0.1) is 13.8 Å². The normalized spacial score (nSPS) is 13.8. The smallest absolute Gasteiger partial charge is 0.323 e. The van der Waals surface area contributed by atoms with Crippen molar-refractivity contribution in [1.82, 2.24) is 5.32 Å². The SMILES string of the molecule is CCCNC(C)(CCOc1ccc(C)cc1C)C(=O)O. The van der Waals surface area contributed by atoms with Crippen LogP contribution < -0.4 is 10.1 Å². The summed E-state index contributed by atoms with van der Waals surface area (Å²) < 4.78 is 5.71. The van der Waals surface area contributed by atoms with Crippen molar-refractivity contribution in [2.75, 3.05) is 13.2 Å². The lowest BCUT2D eigenvalue weighted by Gasteiger charge is -2.26. The third-order valence-electron chi connectivity index (χ3n) is 3.43. The second-order valence-electron chi connectivity index (χ2n) is 5.43. The van der Waals surface area contributed by atoms with Crippen molar-refractivity contribution in [2.45, 2.75) is 46.1 Å². The first kappa shape index (κ1) is 16.5. The van der Waals surface area contributed by atoms with Crippen LogP contribution in [0.25, 0.3) is 0 Å². The second kappa shape index (κ2) is 7.29. The molecular weight excluding hydrogens is 254 g/mol. The first-order valence-electron chi connectivity index (χ1n) is 7.07. The lowest BCUT2D eigenvalue weighted by Crippen LogP contribution is -2.50. The van der Waals surface area contributed by atoms with Crippen molar-refractivity contribution in [3.63, 3.8) is 0 Å². The molecule has 1 aromatic carbocycles. The molecule has 1 rings (SSSR count). The topological polar surface area (TPSA) is 58.6 Å². The minimum atomic E-state index is -0.936.